The zero-order chi connectivity index (χ0) is 11.0. The Bertz CT molecular complexity index is 164. The molecule has 0 aromatic heterocycles. The molecule has 0 spiro atoms. The van der Waals surface area contributed by atoms with Crippen molar-refractivity contribution in [1.29, 1.82) is 0 Å². The topological polar surface area (TPSA) is 58.6 Å². The number of hydrogen-bond donors (Lipinski definition) is 3. The van der Waals surface area contributed by atoms with Crippen LogP contribution in [-0.2, 0) is 9.53 Å². The summed E-state index contributed by atoms with van der Waals surface area (Å²) >= 11 is 4.17. The highest BCUT2D eigenvalue weighted by Crippen LogP contribution is 2.07. The van der Waals surface area contributed by atoms with E-state index in [0.717, 1.165) is 0 Å². The van der Waals surface area contributed by atoms with Crippen LogP contribution in [0.5, 0.6) is 0 Å². The van der Waals surface area contributed by atoms with Crippen LogP contribution in [0.4, 0.5) is 0 Å². The maximum absolute atomic E-state index is 11.3. The number of amides is 1. The average Bonchev–Trinajstić information content (AvgIpc) is 2.16. The molecule has 0 aromatic carbocycles. The number of carbonyl (C=O) groups excluding carboxylic acids is 1. The van der Waals surface area contributed by atoms with Crippen molar-refractivity contribution in [1.82, 2.24) is 5.32 Å². The molecule has 0 aliphatic heterocycles. The number of thiol groups is 1. The normalized spacial score (nSPS) is 12.9. The molecule has 0 rings (SSSR count). The highest BCUT2D eigenvalue weighted by atomic mass is 32.1. The molecule has 14 heavy (non-hydrogen) atoms. The number of aliphatic hydroxyl groups excluding tert-OH is 1. The van der Waals surface area contributed by atoms with Crippen molar-refractivity contribution in [3.05, 3.63) is 0 Å². The van der Waals surface area contributed by atoms with Crippen molar-refractivity contribution in [3.8, 4) is 0 Å². The quantitative estimate of drug-likeness (QED) is 0.421. The van der Waals surface area contributed by atoms with Gasteiger partial charge < -0.3 is 15.2 Å². The van der Waals surface area contributed by atoms with Crippen LogP contribution in [0.3, 0.4) is 0 Å². The molecule has 1 atom stereocenters. The standard InChI is InChI=1S/C9H19NO3S/c1-7(2)8(14)9(12)10-3-5-13-6-4-11/h7-8,11,14H,3-6H2,1-2H3,(H,10,12). The van der Waals surface area contributed by atoms with Crippen molar-refractivity contribution in [3.63, 3.8) is 0 Å². The lowest BCUT2D eigenvalue weighted by atomic mass is 10.1. The van der Waals surface area contributed by atoms with Crippen molar-refractivity contribution >= 4 is 18.5 Å². The molecule has 1 amide bonds. The molecule has 0 aromatic rings. The summed E-state index contributed by atoms with van der Waals surface area (Å²) in [5, 5.41) is 10.8. The van der Waals surface area contributed by atoms with Crippen molar-refractivity contribution in [2.45, 2.75) is 19.1 Å². The Morgan fingerprint density at radius 3 is 2.64 bits per heavy atom. The number of nitrogens with one attached hydrogen (secondary N) is 1. The fourth-order valence-corrected chi connectivity index (χ4v) is 0.912. The minimum absolute atomic E-state index is 0.00906. The third-order valence-corrected chi connectivity index (χ3v) is 2.51. The smallest absolute Gasteiger partial charge is 0.233 e. The molecule has 0 heterocycles. The molecule has 0 fully saturated rings. The first-order chi connectivity index (χ1) is 6.59. The maximum Gasteiger partial charge on any atom is 0.233 e. The molecule has 0 aliphatic carbocycles. The van der Waals surface area contributed by atoms with Gasteiger partial charge in [-0.15, -0.1) is 0 Å². The highest BCUT2D eigenvalue weighted by molar-refractivity contribution is 7.81. The van der Waals surface area contributed by atoms with Crippen LogP contribution in [0.1, 0.15) is 13.8 Å². The molecular formula is C9H19NO3S. The molecule has 0 saturated carbocycles. The number of rotatable bonds is 7. The van der Waals surface area contributed by atoms with Gasteiger partial charge in [-0.3, -0.25) is 4.79 Å². The van der Waals surface area contributed by atoms with Gasteiger partial charge in [-0.25, -0.2) is 0 Å². The molecule has 0 aliphatic rings. The van der Waals surface area contributed by atoms with Gasteiger partial charge in [0.2, 0.25) is 5.91 Å². The summed E-state index contributed by atoms with van der Waals surface area (Å²) in [6, 6.07) is 0. The van der Waals surface area contributed by atoms with Gasteiger partial charge in [-0.1, -0.05) is 13.8 Å². The Hall–Kier alpha value is -0.260. The van der Waals surface area contributed by atoms with Crippen LogP contribution in [0.2, 0.25) is 0 Å². The Morgan fingerprint density at radius 1 is 1.50 bits per heavy atom. The first kappa shape index (κ1) is 13.7. The third-order valence-electron chi connectivity index (χ3n) is 1.68. The Labute approximate surface area is 90.4 Å². The van der Waals surface area contributed by atoms with Crippen LogP contribution in [0, 0.1) is 5.92 Å². The molecule has 84 valence electrons. The summed E-state index contributed by atoms with van der Waals surface area (Å²) < 4.78 is 4.98. The van der Waals surface area contributed by atoms with Gasteiger partial charge in [0.1, 0.15) is 0 Å². The number of hydrogen-bond acceptors (Lipinski definition) is 4. The molecular weight excluding hydrogens is 202 g/mol. The zero-order valence-electron chi connectivity index (χ0n) is 8.69. The molecule has 0 radical (unpaired) electrons. The van der Waals surface area contributed by atoms with E-state index in [2.05, 4.69) is 17.9 Å². The summed E-state index contributed by atoms with van der Waals surface area (Å²) in [5.74, 6) is 0.146. The fourth-order valence-electron chi connectivity index (χ4n) is 0.820. The highest BCUT2D eigenvalue weighted by Gasteiger charge is 2.16. The largest absolute Gasteiger partial charge is 0.394 e. The SMILES string of the molecule is CC(C)C(S)C(=O)NCCOCCO. The average molecular weight is 221 g/mol. The number of ether oxygens (including phenoxy) is 1. The summed E-state index contributed by atoms with van der Waals surface area (Å²) in [6.07, 6.45) is 0. The Morgan fingerprint density at radius 2 is 2.14 bits per heavy atom. The summed E-state index contributed by atoms with van der Waals surface area (Å²) in [4.78, 5) is 11.3. The van der Waals surface area contributed by atoms with Crippen LogP contribution < -0.4 is 5.32 Å². The zero-order valence-corrected chi connectivity index (χ0v) is 9.59. The maximum atomic E-state index is 11.3. The fraction of sp³-hybridized carbons (Fsp3) is 0.889. The second-order valence-electron chi connectivity index (χ2n) is 3.32. The van der Waals surface area contributed by atoms with E-state index in [1.807, 2.05) is 13.8 Å². The van der Waals surface area contributed by atoms with Crippen LogP contribution >= 0.6 is 12.6 Å². The van der Waals surface area contributed by atoms with Gasteiger partial charge in [-0.05, 0) is 5.92 Å². The van der Waals surface area contributed by atoms with E-state index in [9.17, 15) is 4.79 Å². The van der Waals surface area contributed by atoms with E-state index in [1.54, 1.807) is 0 Å². The lowest BCUT2D eigenvalue weighted by molar-refractivity contribution is -0.121. The van der Waals surface area contributed by atoms with Crippen LogP contribution in [-0.4, -0.2) is 42.6 Å². The van der Waals surface area contributed by atoms with Crippen LogP contribution in [0.15, 0.2) is 0 Å². The molecule has 1 unspecified atom stereocenters. The lowest BCUT2D eigenvalue weighted by Gasteiger charge is -2.14. The van der Waals surface area contributed by atoms with E-state index in [0.29, 0.717) is 19.8 Å². The van der Waals surface area contributed by atoms with Gasteiger partial charge >= 0.3 is 0 Å². The molecule has 2 N–H and O–H groups in total. The van der Waals surface area contributed by atoms with Crippen molar-refractivity contribution in [2.75, 3.05) is 26.4 Å². The van der Waals surface area contributed by atoms with E-state index in [-0.39, 0.29) is 23.7 Å². The number of aliphatic hydroxyl groups is 1. The predicted molar refractivity (Wildman–Crippen MR) is 58.5 cm³/mol. The van der Waals surface area contributed by atoms with Gasteiger partial charge in [0.15, 0.2) is 0 Å². The summed E-state index contributed by atoms with van der Waals surface area (Å²) in [6.45, 7) is 5.09. The molecule has 5 heteroatoms. The van der Waals surface area contributed by atoms with Gasteiger partial charge in [0.05, 0.1) is 25.1 Å². The van der Waals surface area contributed by atoms with E-state index < -0.39 is 0 Å². The van der Waals surface area contributed by atoms with Gasteiger partial charge in [-0.2, -0.15) is 12.6 Å². The molecule has 0 bridgehead atoms. The summed E-state index contributed by atoms with van der Waals surface area (Å²) in [5.41, 5.74) is 0. The van der Waals surface area contributed by atoms with Crippen LogP contribution in [0.25, 0.3) is 0 Å². The second kappa shape index (κ2) is 8.08. The first-order valence-corrected chi connectivity index (χ1v) is 5.25. The minimum Gasteiger partial charge on any atom is -0.394 e. The van der Waals surface area contributed by atoms with E-state index in [4.69, 9.17) is 9.84 Å². The summed E-state index contributed by atoms with van der Waals surface area (Å²) in [7, 11) is 0. The number of carbonyl (C=O) groups is 1. The first-order valence-electron chi connectivity index (χ1n) is 4.74. The van der Waals surface area contributed by atoms with Gasteiger partial charge in [0, 0.05) is 6.54 Å². The molecule has 0 saturated heterocycles. The monoisotopic (exact) mass is 221 g/mol. The van der Waals surface area contributed by atoms with Gasteiger partial charge in [0.25, 0.3) is 0 Å². The lowest BCUT2D eigenvalue weighted by Crippen LogP contribution is -2.36. The van der Waals surface area contributed by atoms with Crippen molar-refractivity contribution in [2.24, 2.45) is 5.92 Å². The van der Waals surface area contributed by atoms with E-state index >= 15 is 0 Å². The Kier molecular flexibility index (Phi) is 7.93. The second-order valence-corrected chi connectivity index (χ2v) is 3.87. The Balaban J connectivity index is 3.44. The minimum atomic E-state index is -0.271. The third kappa shape index (κ3) is 6.23. The van der Waals surface area contributed by atoms with E-state index in [1.165, 1.54) is 0 Å². The molecule has 4 nitrogen and oxygen atoms in total. The predicted octanol–water partition coefficient (Wildman–Crippen LogP) is 0.0659. The van der Waals surface area contributed by atoms with Crippen molar-refractivity contribution < 1.29 is 14.6 Å².